The summed E-state index contributed by atoms with van der Waals surface area (Å²) in [5.41, 5.74) is 1.05. The molecule has 0 saturated carbocycles. The van der Waals surface area contributed by atoms with E-state index < -0.39 is 0 Å². The van der Waals surface area contributed by atoms with Crippen LogP contribution in [0.3, 0.4) is 0 Å². The molecule has 3 aromatic carbocycles. The zero-order valence-electron chi connectivity index (χ0n) is 12.5. The number of anilines is 1. The maximum Gasteiger partial charge on any atom is 0.255 e. The van der Waals surface area contributed by atoms with Crippen molar-refractivity contribution in [1.29, 1.82) is 0 Å². The van der Waals surface area contributed by atoms with Crippen molar-refractivity contribution in [3.05, 3.63) is 88.4 Å². The number of para-hydroxylation sites is 1. The van der Waals surface area contributed by atoms with Gasteiger partial charge < -0.3 is 10.1 Å². The number of hydrogen-bond donors (Lipinski definition) is 1. The Balaban J connectivity index is 1.68. The molecule has 0 spiro atoms. The van der Waals surface area contributed by atoms with Crippen molar-refractivity contribution >= 4 is 34.8 Å². The van der Waals surface area contributed by atoms with Crippen molar-refractivity contribution in [2.24, 2.45) is 0 Å². The molecule has 120 valence electrons. The highest BCUT2D eigenvalue weighted by atomic mass is 35.5. The third-order valence-electron chi connectivity index (χ3n) is 3.22. The minimum atomic E-state index is -0.281. The van der Waals surface area contributed by atoms with Crippen LogP contribution in [0, 0.1) is 0 Å². The highest BCUT2D eigenvalue weighted by molar-refractivity contribution is 6.35. The lowest BCUT2D eigenvalue weighted by Crippen LogP contribution is -2.11. The van der Waals surface area contributed by atoms with E-state index in [9.17, 15) is 4.79 Å². The van der Waals surface area contributed by atoms with Gasteiger partial charge in [-0.3, -0.25) is 4.79 Å². The van der Waals surface area contributed by atoms with Gasteiger partial charge in [0.05, 0.1) is 0 Å². The minimum Gasteiger partial charge on any atom is -0.457 e. The van der Waals surface area contributed by atoms with Gasteiger partial charge in [0.2, 0.25) is 0 Å². The molecule has 3 aromatic rings. The molecular weight excluding hydrogens is 345 g/mol. The molecule has 0 radical (unpaired) electrons. The summed E-state index contributed by atoms with van der Waals surface area (Å²) in [7, 11) is 0. The van der Waals surface area contributed by atoms with Crippen LogP contribution in [0.25, 0.3) is 0 Å². The van der Waals surface area contributed by atoms with Crippen LogP contribution in [0.4, 0.5) is 5.69 Å². The number of benzene rings is 3. The quantitative estimate of drug-likeness (QED) is 0.618. The molecule has 0 aliphatic carbocycles. The zero-order chi connectivity index (χ0) is 16.9. The second kappa shape index (κ2) is 7.39. The van der Waals surface area contributed by atoms with Gasteiger partial charge in [-0.2, -0.15) is 0 Å². The third kappa shape index (κ3) is 4.28. The van der Waals surface area contributed by atoms with Gasteiger partial charge in [0.15, 0.2) is 0 Å². The Morgan fingerprint density at radius 1 is 0.792 bits per heavy atom. The van der Waals surface area contributed by atoms with Crippen molar-refractivity contribution in [3.8, 4) is 11.5 Å². The average molecular weight is 358 g/mol. The highest BCUT2D eigenvalue weighted by Crippen LogP contribution is 2.24. The Morgan fingerprint density at radius 2 is 1.38 bits per heavy atom. The van der Waals surface area contributed by atoms with E-state index in [-0.39, 0.29) is 5.91 Å². The first-order chi connectivity index (χ1) is 11.6. The Kier molecular flexibility index (Phi) is 5.04. The summed E-state index contributed by atoms with van der Waals surface area (Å²) in [5, 5.41) is 3.62. The second-order valence-corrected chi connectivity index (χ2v) is 5.92. The summed E-state index contributed by atoms with van der Waals surface area (Å²) in [4.78, 5) is 12.2. The van der Waals surface area contributed by atoms with E-state index in [0.717, 1.165) is 5.75 Å². The number of carbonyl (C=O) groups is 1. The van der Waals surface area contributed by atoms with Gasteiger partial charge in [-0.05, 0) is 54.6 Å². The molecule has 0 atom stereocenters. The van der Waals surface area contributed by atoms with E-state index in [4.69, 9.17) is 27.9 Å². The molecule has 0 aromatic heterocycles. The summed E-state index contributed by atoms with van der Waals surface area (Å²) in [6.45, 7) is 0. The molecule has 0 bridgehead atoms. The Bertz CT molecular complexity index is 829. The van der Waals surface area contributed by atoms with Gasteiger partial charge in [0.25, 0.3) is 5.91 Å². The molecule has 24 heavy (non-hydrogen) atoms. The topological polar surface area (TPSA) is 38.3 Å². The van der Waals surface area contributed by atoms with Gasteiger partial charge in [0.1, 0.15) is 11.5 Å². The summed E-state index contributed by atoms with van der Waals surface area (Å²) < 4.78 is 5.71. The molecule has 0 fully saturated rings. The Labute approximate surface area is 149 Å². The maximum atomic E-state index is 12.2. The summed E-state index contributed by atoms with van der Waals surface area (Å²) in [6, 6.07) is 21.3. The number of amides is 1. The smallest absolute Gasteiger partial charge is 0.255 e. The van der Waals surface area contributed by atoms with E-state index >= 15 is 0 Å². The number of ether oxygens (including phenoxy) is 1. The predicted octanol–water partition coefficient (Wildman–Crippen LogP) is 6.04. The molecule has 1 amide bonds. The lowest BCUT2D eigenvalue weighted by molar-refractivity contribution is 0.102. The van der Waals surface area contributed by atoms with Crippen LogP contribution in [-0.4, -0.2) is 5.91 Å². The summed E-state index contributed by atoms with van der Waals surface area (Å²) >= 11 is 11.8. The number of rotatable bonds is 4. The van der Waals surface area contributed by atoms with E-state index in [1.165, 1.54) is 0 Å². The molecule has 1 N–H and O–H groups in total. The molecule has 5 heteroatoms. The highest BCUT2D eigenvalue weighted by Gasteiger charge is 2.08. The van der Waals surface area contributed by atoms with Gasteiger partial charge in [0, 0.05) is 21.3 Å². The lowest BCUT2D eigenvalue weighted by Gasteiger charge is -2.08. The van der Waals surface area contributed by atoms with Crippen LogP contribution in [0.5, 0.6) is 11.5 Å². The van der Waals surface area contributed by atoms with Crippen LogP contribution in [0.15, 0.2) is 72.8 Å². The van der Waals surface area contributed by atoms with Crippen molar-refractivity contribution in [3.63, 3.8) is 0 Å². The first-order valence-electron chi connectivity index (χ1n) is 7.20. The van der Waals surface area contributed by atoms with E-state index in [1.54, 1.807) is 42.5 Å². The summed E-state index contributed by atoms with van der Waals surface area (Å²) in [6.07, 6.45) is 0. The maximum absolute atomic E-state index is 12.2. The van der Waals surface area contributed by atoms with E-state index in [2.05, 4.69) is 5.32 Å². The molecule has 3 nitrogen and oxygen atoms in total. The van der Waals surface area contributed by atoms with Crippen LogP contribution >= 0.6 is 23.2 Å². The normalized spacial score (nSPS) is 10.2. The Morgan fingerprint density at radius 3 is 2.00 bits per heavy atom. The zero-order valence-corrected chi connectivity index (χ0v) is 14.0. The van der Waals surface area contributed by atoms with Crippen LogP contribution in [0.1, 0.15) is 10.4 Å². The third-order valence-corrected chi connectivity index (χ3v) is 3.65. The van der Waals surface area contributed by atoms with Crippen molar-refractivity contribution in [2.45, 2.75) is 0 Å². The largest absolute Gasteiger partial charge is 0.457 e. The second-order valence-electron chi connectivity index (χ2n) is 5.05. The molecule has 3 rings (SSSR count). The van der Waals surface area contributed by atoms with Crippen molar-refractivity contribution in [2.75, 3.05) is 5.32 Å². The SMILES string of the molecule is O=C(Nc1ccc(Oc2ccccc2)cc1)c1cc(Cl)cc(Cl)c1. The monoisotopic (exact) mass is 357 g/mol. The van der Waals surface area contributed by atoms with Gasteiger partial charge in [-0.15, -0.1) is 0 Å². The average Bonchev–Trinajstić information content (AvgIpc) is 2.57. The molecule has 0 aliphatic heterocycles. The fraction of sp³-hybridized carbons (Fsp3) is 0. The van der Waals surface area contributed by atoms with Gasteiger partial charge in [-0.25, -0.2) is 0 Å². The lowest BCUT2D eigenvalue weighted by atomic mass is 10.2. The first kappa shape index (κ1) is 16.4. The van der Waals surface area contributed by atoms with Gasteiger partial charge >= 0.3 is 0 Å². The number of halogens is 2. The molecule has 0 aliphatic rings. The van der Waals surface area contributed by atoms with E-state index in [1.807, 2.05) is 30.3 Å². The van der Waals surface area contributed by atoms with E-state index in [0.29, 0.717) is 27.0 Å². The van der Waals surface area contributed by atoms with Crippen LogP contribution < -0.4 is 10.1 Å². The van der Waals surface area contributed by atoms with Gasteiger partial charge in [-0.1, -0.05) is 41.4 Å². The molecule has 0 saturated heterocycles. The van der Waals surface area contributed by atoms with Crippen LogP contribution in [0.2, 0.25) is 10.0 Å². The Hall–Kier alpha value is -2.49. The van der Waals surface area contributed by atoms with Crippen molar-refractivity contribution < 1.29 is 9.53 Å². The molecular formula is C19H13Cl2NO2. The van der Waals surface area contributed by atoms with Crippen molar-refractivity contribution in [1.82, 2.24) is 0 Å². The van der Waals surface area contributed by atoms with Crippen LogP contribution in [-0.2, 0) is 0 Å². The first-order valence-corrected chi connectivity index (χ1v) is 7.96. The number of carbonyl (C=O) groups excluding carboxylic acids is 1. The predicted molar refractivity (Wildman–Crippen MR) is 97.4 cm³/mol. The fourth-order valence-corrected chi connectivity index (χ4v) is 2.65. The molecule has 0 heterocycles. The molecule has 0 unspecified atom stereocenters. The number of nitrogens with one attached hydrogen (secondary N) is 1. The number of hydrogen-bond acceptors (Lipinski definition) is 2. The summed E-state index contributed by atoms with van der Waals surface area (Å²) in [5.74, 6) is 1.16. The fourth-order valence-electron chi connectivity index (χ4n) is 2.12. The minimum absolute atomic E-state index is 0.281. The standard InChI is InChI=1S/C19H13Cl2NO2/c20-14-10-13(11-15(21)12-14)19(23)22-16-6-8-18(9-7-16)24-17-4-2-1-3-5-17/h1-12H,(H,22,23).